The summed E-state index contributed by atoms with van der Waals surface area (Å²) >= 11 is 5.92. The number of likely N-dealkylation sites (tertiary alicyclic amines) is 1. The van der Waals surface area contributed by atoms with Crippen molar-refractivity contribution in [1.82, 2.24) is 14.9 Å². The van der Waals surface area contributed by atoms with Gasteiger partial charge in [0, 0.05) is 49.3 Å². The maximum Gasteiger partial charge on any atom is 0.253 e. The Morgan fingerprint density at radius 2 is 1.93 bits per heavy atom. The number of nitrogens with one attached hydrogen (secondary N) is 1. The van der Waals surface area contributed by atoms with Crippen LogP contribution in [-0.2, 0) is 6.54 Å². The molecule has 2 aromatic carbocycles. The van der Waals surface area contributed by atoms with Crippen LogP contribution in [0.5, 0.6) is 5.75 Å². The predicted octanol–water partition coefficient (Wildman–Crippen LogP) is 4.43. The second-order valence-electron chi connectivity index (χ2n) is 7.21. The summed E-state index contributed by atoms with van der Waals surface area (Å²) in [4.78, 5) is 22.9. The van der Waals surface area contributed by atoms with Crippen LogP contribution in [0.2, 0.25) is 5.02 Å². The topological polar surface area (TPSA) is 67.4 Å². The number of hydrogen-bond acceptors (Lipinski definition) is 5. The van der Waals surface area contributed by atoms with Crippen LogP contribution in [0.4, 0.5) is 5.82 Å². The molecule has 154 valence electrons. The van der Waals surface area contributed by atoms with Crippen molar-refractivity contribution < 1.29 is 9.53 Å². The predicted molar refractivity (Wildman–Crippen MR) is 117 cm³/mol. The Kier molecular flexibility index (Phi) is 6.44. The number of aromatic nitrogens is 2. The van der Waals surface area contributed by atoms with E-state index in [9.17, 15) is 4.79 Å². The van der Waals surface area contributed by atoms with Gasteiger partial charge < -0.3 is 15.0 Å². The normalized spacial score (nSPS) is 14.4. The molecule has 1 aliphatic heterocycles. The molecule has 0 unspecified atom stereocenters. The van der Waals surface area contributed by atoms with Gasteiger partial charge >= 0.3 is 0 Å². The van der Waals surface area contributed by atoms with Crippen molar-refractivity contribution in [2.75, 3.05) is 18.4 Å². The summed E-state index contributed by atoms with van der Waals surface area (Å²) in [6.45, 7) is 1.95. The Morgan fingerprint density at radius 1 is 1.13 bits per heavy atom. The molecule has 0 saturated carbocycles. The highest BCUT2D eigenvalue weighted by Gasteiger charge is 2.24. The number of amides is 1. The second kappa shape index (κ2) is 9.59. The maximum atomic E-state index is 13.0. The molecule has 1 aliphatic rings. The van der Waals surface area contributed by atoms with Gasteiger partial charge in [0.15, 0.2) is 0 Å². The summed E-state index contributed by atoms with van der Waals surface area (Å²) in [6, 6.07) is 16.9. The summed E-state index contributed by atoms with van der Waals surface area (Å²) in [5.41, 5.74) is 1.73. The van der Waals surface area contributed by atoms with Crippen molar-refractivity contribution in [1.29, 1.82) is 0 Å². The monoisotopic (exact) mass is 422 g/mol. The third-order valence-electron chi connectivity index (χ3n) is 5.08. The number of nitrogens with zero attached hydrogens (tertiary/aromatic N) is 3. The molecule has 0 aliphatic carbocycles. The Morgan fingerprint density at radius 3 is 2.67 bits per heavy atom. The van der Waals surface area contributed by atoms with Crippen molar-refractivity contribution >= 4 is 23.3 Å². The molecule has 0 spiro atoms. The van der Waals surface area contributed by atoms with Gasteiger partial charge in [-0.05, 0) is 48.0 Å². The average molecular weight is 423 g/mol. The lowest BCUT2D eigenvalue weighted by molar-refractivity contribution is 0.0595. The van der Waals surface area contributed by atoms with Crippen LogP contribution in [0, 0.1) is 0 Å². The van der Waals surface area contributed by atoms with Crippen molar-refractivity contribution in [3.05, 3.63) is 83.3 Å². The fraction of sp³-hybridized carbons (Fsp3) is 0.261. The molecule has 1 saturated heterocycles. The molecule has 1 amide bonds. The minimum absolute atomic E-state index is 0.0591. The summed E-state index contributed by atoms with van der Waals surface area (Å²) in [6.07, 6.45) is 4.92. The molecular formula is C23H23ClN4O2. The first kappa shape index (κ1) is 20.2. The Balaban J connectivity index is 1.31. The van der Waals surface area contributed by atoms with Gasteiger partial charge in [-0.3, -0.25) is 4.79 Å². The Hall–Kier alpha value is -3.12. The van der Waals surface area contributed by atoms with Crippen LogP contribution in [-0.4, -0.2) is 40.0 Å². The molecule has 7 heteroatoms. The number of halogens is 1. The number of anilines is 1. The summed E-state index contributed by atoms with van der Waals surface area (Å²) in [5.74, 6) is 1.63. The number of benzene rings is 2. The molecule has 1 fully saturated rings. The summed E-state index contributed by atoms with van der Waals surface area (Å²) in [5, 5.41) is 3.93. The van der Waals surface area contributed by atoms with Crippen LogP contribution in [0.3, 0.4) is 0 Å². The van der Waals surface area contributed by atoms with E-state index in [4.69, 9.17) is 16.3 Å². The first-order valence-electron chi connectivity index (χ1n) is 9.98. The number of hydrogen-bond donors (Lipinski definition) is 1. The minimum atomic E-state index is 0.0591. The van der Waals surface area contributed by atoms with Crippen LogP contribution in [0.15, 0.2) is 67.1 Å². The summed E-state index contributed by atoms with van der Waals surface area (Å²) < 4.78 is 6.02. The van der Waals surface area contributed by atoms with E-state index in [-0.39, 0.29) is 12.0 Å². The van der Waals surface area contributed by atoms with Crippen LogP contribution in [0.25, 0.3) is 0 Å². The van der Waals surface area contributed by atoms with Crippen molar-refractivity contribution in [3.8, 4) is 5.75 Å². The third-order valence-corrected chi connectivity index (χ3v) is 5.33. The molecule has 3 aromatic rings. The molecule has 30 heavy (non-hydrogen) atoms. The molecule has 1 N–H and O–H groups in total. The van der Waals surface area contributed by atoms with Gasteiger partial charge in [0.2, 0.25) is 0 Å². The minimum Gasteiger partial charge on any atom is -0.490 e. The maximum absolute atomic E-state index is 13.0. The molecular weight excluding hydrogens is 400 g/mol. The van der Waals surface area contributed by atoms with Crippen molar-refractivity contribution in [2.45, 2.75) is 25.5 Å². The zero-order valence-electron chi connectivity index (χ0n) is 16.5. The van der Waals surface area contributed by atoms with Gasteiger partial charge in [-0.15, -0.1) is 0 Å². The quantitative estimate of drug-likeness (QED) is 0.636. The first-order valence-corrected chi connectivity index (χ1v) is 10.4. The van der Waals surface area contributed by atoms with Crippen molar-refractivity contribution in [3.63, 3.8) is 0 Å². The summed E-state index contributed by atoms with van der Waals surface area (Å²) in [7, 11) is 0. The highest BCUT2D eigenvalue weighted by atomic mass is 35.5. The van der Waals surface area contributed by atoms with Gasteiger partial charge in [-0.2, -0.15) is 0 Å². The molecule has 0 atom stereocenters. The van der Waals surface area contributed by atoms with Gasteiger partial charge in [-0.1, -0.05) is 23.7 Å². The SMILES string of the molecule is O=C(c1cccc(CNc2ccncn2)c1)N1CCC(Oc2ccc(Cl)cc2)CC1. The zero-order chi connectivity index (χ0) is 20.8. The van der Waals surface area contributed by atoms with E-state index < -0.39 is 0 Å². The van der Waals surface area contributed by atoms with Gasteiger partial charge in [0.1, 0.15) is 24.0 Å². The highest BCUT2D eigenvalue weighted by molar-refractivity contribution is 6.30. The van der Waals surface area contributed by atoms with Gasteiger partial charge in [0.25, 0.3) is 5.91 Å². The number of carbonyl (C=O) groups excluding carboxylic acids is 1. The molecule has 4 rings (SSSR count). The van der Waals surface area contributed by atoms with Crippen LogP contribution < -0.4 is 10.1 Å². The average Bonchev–Trinajstić information content (AvgIpc) is 2.80. The fourth-order valence-electron chi connectivity index (χ4n) is 3.47. The first-order chi connectivity index (χ1) is 14.7. The van der Waals surface area contributed by atoms with Crippen molar-refractivity contribution in [2.24, 2.45) is 0 Å². The standard InChI is InChI=1S/C23H23ClN4O2/c24-19-4-6-20(7-5-19)30-21-9-12-28(13-10-21)23(29)18-3-1-2-17(14-18)15-26-22-8-11-25-16-27-22/h1-8,11,14,16,21H,9-10,12-13,15H2,(H,25,26,27). The van der Waals surface area contributed by atoms with E-state index in [2.05, 4.69) is 15.3 Å². The third kappa shape index (κ3) is 5.27. The number of carbonyl (C=O) groups is 1. The largest absolute Gasteiger partial charge is 0.490 e. The Labute approximate surface area is 180 Å². The molecule has 2 heterocycles. The second-order valence-corrected chi connectivity index (χ2v) is 7.65. The van der Waals surface area contributed by atoms with E-state index in [0.717, 1.165) is 30.0 Å². The van der Waals surface area contributed by atoms with E-state index in [0.29, 0.717) is 30.2 Å². The lowest BCUT2D eigenvalue weighted by Crippen LogP contribution is -2.41. The molecule has 0 bridgehead atoms. The molecule has 1 aromatic heterocycles. The number of ether oxygens (including phenoxy) is 1. The zero-order valence-corrected chi connectivity index (χ0v) is 17.3. The van der Waals surface area contributed by atoms with Gasteiger partial charge in [0.05, 0.1) is 0 Å². The smallest absolute Gasteiger partial charge is 0.253 e. The Bertz CT molecular complexity index is 974. The molecule has 6 nitrogen and oxygen atoms in total. The lowest BCUT2D eigenvalue weighted by atomic mass is 10.0. The van der Waals surface area contributed by atoms with E-state index in [1.807, 2.05) is 59.5 Å². The number of rotatable bonds is 6. The highest BCUT2D eigenvalue weighted by Crippen LogP contribution is 2.22. The van der Waals surface area contributed by atoms with Crippen LogP contribution >= 0.6 is 11.6 Å². The number of piperidine rings is 1. The fourth-order valence-corrected chi connectivity index (χ4v) is 3.59. The van der Waals surface area contributed by atoms with Crippen LogP contribution in [0.1, 0.15) is 28.8 Å². The van der Waals surface area contributed by atoms with Gasteiger partial charge in [-0.25, -0.2) is 9.97 Å². The molecule has 0 radical (unpaired) electrons. The lowest BCUT2D eigenvalue weighted by Gasteiger charge is -2.32. The van der Waals surface area contributed by atoms with E-state index in [1.54, 1.807) is 6.20 Å². The van der Waals surface area contributed by atoms with E-state index >= 15 is 0 Å². The van der Waals surface area contributed by atoms with E-state index in [1.165, 1.54) is 6.33 Å².